The fraction of sp³-hybridized carbons (Fsp3) is 0. The summed E-state index contributed by atoms with van der Waals surface area (Å²) in [5.74, 6) is -0.321. The van der Waals surface area contributed by atoms with Gasteiger partial charge in [-0.05, 0) is 52.3 Å². The molecule has 0 fully saturated rings. The first kappa shape index (κ1) is 18.3. The van der Waals surface area contributed by atoms with Crippen LogP contribution in [-0.4, -0.2) is 22.2 Å². The first-order valence-electron chi connectivity index (χ1n) is 7.60. The van der Waals surface area contributed by atoms with Crippen molar-refractivity contribution in [1.29, 1.82) is 0 Å². The van der Waals surface area contributed by atoms with E-state index in [4.69, 9.17) is 4.42 Å². The van der Waals surface area contributed by atoms with Gasteiger partial charge in [-0.25, -0.2) is 0 Å². The van der Waals surface area contributed by atoms with Gasteiger partial charge in [0.25, 0.3) is 11.6 Å². The van der Waals surface area contributed by atoms with Crippen LogP contribution < -0.4 is 5.32 Å². The van der Waals surface area contributed by atoms with E-state index in [9.17, 15) is 20.0 Å². The molecule has 27 heavy (non-hydrogen) atoms. The number of nitrogens with one attached hydrogen (secondary N) is 1. The van der Waals surface area contributed by atoms with Crippen LogP contribution in [-0.2, 0) is 0 Å². The monoisotopic (exact) mass is 429 g/mol. The zero-order valence-electron chi connectivity index (χ0n) is 13.6. The number of nitro benzene ring substituents is 1. The maximum atomic E-state index is 11.9. The molecular weight excluding hydrogens is 418 g/mol. The number of hydrogen-bond donors (Lipinski definition) is 2. The van der Waals surface area contributed by atoms with Gasteiger partial charge < -0.3 is 14.8 Å². The third-order valence-corrected chi connectivity index (χ3v) is 4.12. The molecule has 2 aromatic carbocycles. The fourth-order valence-corrected chi connectivity index (χ4v) is 2.65. The SMILES string of the molecule is O=C(Nc1ccc(N=Cc2cc([N+](=O)[O-])cc(Br)c2O)cc1)c1ccco1. The summed E-state index contributed by atoms with van der Waals surface area (Å²) in [7, 11) is 0. The molecule has 0 aliphatic heterocycles. The molecule has 9 heteroatoms. The zero-order chi connectivity index (χ0) is 19.4. The van der Waals surface area contributed by atoms with E-state index in [-0.39, 0.29) is 33.1 Å². The molecule has 0 bridgehead atoms. The normalized spacial score (nSPS) is 10.9. The Bertz CT molecular complexity index is 1010. The smallest absolute Gasteiger partial charge is 0.291 e. The van der Waals surface area contributed by atoms with Crippen molar-refractivity contribution in [3.8, 4) is 5.75 Å². The van der Waals surface area contributed by atoms with Crippen LogP contribution in [0.3, 0.4) is 0 Å². The summed E-state index contributed by atoms with van der Waals surface area (Å²) in [6.07, 6.45) is 2.73. The number of phenolic OH excluding ortho intramolecular Hbond substituents is 1. The predicted molar refractivity (Wildman–Crippen MR) is 103 cm³/mol. The van der Waals surface area contributed by atoms with Gasteiger partial charge in [-0.3, -0.25) is 19.9 Å². The van der Waals surface area contributed by atoms with Gasteiger partial charge >= 0.3 is 0 Å². The van der Waals surface area contributed by atoms with Gasteiger partial charge in [0.2, 0.25) is 0 Å². The van der Waals surface area contributed by atoms with Crippen LogP contribution >= 0.6 is 15.9 Å². The van der Waals surface area contributed by atoms with Crippen molar-refractivity contribution in [3.63, 3.8) is 0 Å². The number of anilines is 1. The molecule has 0 saturated carbocycles. The van der Waals surface area contributed by atoms with Crippen LogP contribution in [0.2, 0.25) is 0 Å². The van der Waals surface area contributed by atoms with E-state index in [0.717, 1.165) is 0 Å². The van der Waals surface area contributed by atoms with Gasteiger partial charge in [0, 0.05) is 29.6 Å². The highest BCUT2D eigenvalue weighted by Crippen LogP contribution is 2.32. The molecular formula is C18H12BrN3O5. The van der Waals surface area contributed by atoms with Gasteiger partial charge in [0.1, 0.15) is 5.75 Å². The summed E-state index contributed by atoms with van der Waals surface area (Å²) in [6, 6.07) is 12.2. The lowest BCUT2D eigenvalue weighted by Gasteiger charge is -2.04. The highest BCUT2D eigenvalue weighted by atomic mass is 79.9. The van der Waals surface area contributed by atoms with E-state index in [2.05, 4.69) is 26.2 Å². The second-order valence-corrected chi connectivity index (χ2v) is 6.21. The number of phenols is 1. The van der Waals surface area contributed by atoms with Crippen LogP contribution in [0.1, 0.15) is 16.1 Å². The quantitative estimate of drug-likeness (QED) is 0.347. The van der Waals surface area contributed by atoms with Gasteiger partial charge in [-0.2, -0.15) is 0 Å². The van der Waals surface area contributed by atoms with Crippen molar-refractivity contribution < 1.29 is 19.2 Å². The Labute approximate surface area is 161 Å². The molecule has 8 nitrogen and oxygen atoms in total. The largest absolute Gasteiger partial charge is 0.506 e. The maximum Gasteiger partial charge on any atom is 0.291 e. The first-order valence-corrected chi connectivity index (χ1v) is 8.39. The number of rotatable bonds is 5. The first-order chi connectivity index (χ1) is 12.9. The molecule has 0 radical (unpaired) electrons. The lowest BCUT2D eigenvalue weighted by molar-refractivity contribution is -0.385. The van der Waals surface area contributed by atoms with Crippen molar-refractivity contribution in [1.82, 2.24) is 0 Å². The molecule has 0 aliphatic rings. The number of amides is 1. The summed E-state index contributed by atoms with van der Waals surface area (Å²) in [5.41, 5.74) is 1.12. The molecule has 0 saturated heterocycles. The number of furan rings is 1. The molecule has 1 amide bonds. The Balaban J connectivity index is 1.75. The number of hydrogen-bond acceptors (Lipinski definition) is 6. The minimum atomic E-state index is -0.558. The average molecular weight is 430 g/mol. The molecule has 0 spiro atoms. The van der Waals surface area contributed by atoms with Gasteiger partial charge in [-0.15, -0.1) is 0 Å². The van der Waals surface area contributed by atoms with Gasteiger partial charge in [0.15, 0.2) is 5.76 Å². The fourth-order valence-electron chi connectivity index (χ4n) is 2.18. The zero-order valence-corrected chi connectivity index (χ0v) is 15.2. The summed E-state index contributed by atoms with van der Waals surface area (Å²) in [5, 5.41) is 23.6. The molecule has 1 heterocycles. The standard InChI is InChI=1S/C18H12BrN3O5/c19-15-9-14(22(25)26)8-11(17(15)23)10-20-12-3-5-13(6-4-12)21-18(24)16-2-1-7-27-16/h1-10,23H,(H,21,24). The number of halogens is 1. The number of carbonyl (C=O) groups is 1. The Morgan fingerprint density at radius 3 is 2.63 bits per heavy atom. The summed E-state index contributed by atoms with van der Waals surface area (Å²) in [4.78, 5) is 26.5. The number of non-ortho nitro benzene ring substituents is 1. The Morgan fingerprint density at radius 1 is 1.26 bits per heavy atom. The molecule has 0 unspecified atom stereocenters. The van der Waals surface area contributed by atoms with Gasteiger partial charge in [-0.1, -0.05) is 0 Å². The molecule has 3 rings (SSSR count). The number of nitro groups is 1. The van der Waals surface area contributed by atoms with Crippen LogP contribution in [0, 0.1) is 10.1 Å². The van der Waals surface area contributed by atoms with Crippen molar-refractivity contribution in [2.45, 2.75) is 0 Å². The summed E-state index contributed by atoms with van der Waals surface area (Å²) >= 11 is 3.08. The highest BCUT2D eigenvalue weighted by Gasteiger charge is 2.13. The third kappa shape index (κ3) is 4.39. The summed E-state index contributed by atoms with van der Waals surface area (Å²) < 4.78 is 5.22. The second kappa shape index (κ2) is 7.83. The molecule has 136 valence electrons. The van der Waals surface area contributed by atoms with E-state index < -0.39 is 4.92 Å². The second-order valence-electron chi connectivity index (χ2n) is 5.36. The van der Waals surface area contributed by atoms with E-state index >= 15 is 0 Å². The summed E-state index contributed by atoms with van der Waals surface area (Å²) in [6.45, 7) is 0. The Hall–Kier alpha value is -3.46. The lowest BCUT2D eigenvalue weighted by atomic mass is 10.2. The highest BCUT2D eigenvalue weighted by molar-refractivity contribution is 9.10. The molecule has 0 atom stereocenters. The maximum absolute atomic E-state index is 11.9. The third-order valence-electron chi connectivity index (χ3n) is 3.51. The number of aliphatic imine (C=N–C) groups is 1. The van der Waals surface area contributed by atoms with Crippen LogP contribution in [0.15, 0.2) is 68.7 Å². The van der Waals surface area contributed by atoms with Crippen LogP contribution in [0.4, 0.5) is 17.1 Å². The van der Waals surface area contributed by atoms with Crippen molar-refractivity contribution >= 4 is 45.1 Å². The Morgan fingerprint density at radius 2 is 2.00 bits per heavy atom. The molecule has 3 aromatic rings. The molecule has 2 N–H and O–H groups in total. The van der Waals surface area contributed by atoms with Crippen molar-refractivity contribution in [2.75, 3.05) is 5.32 Å². The van der Waals surface area contributed by atoms with Crippen LogP contribution in [0.25, 0.3) is 0 Å². The number of nitrogens with zero attached hydrogens (tertiary/aromatic N) is 2. The average Bonchev–Trinajstić information content (AvgIpc) is 3.18. The van der Waals surface area contributed by atoms with Crippen molar-refractivity contribution in [2.24, 2.45) is 4.99 Å². The van der Waals surface area contributed by atoms with Crippen molar-refractivity contribution in [3.05, 3.63) is 80.7 Å². The lowest BCUT2D eigenvalue weighted by Crippen LogP contribution is -2.10. The molecule has 0 aliphatic carbocycles. The van der Waals surface area contributed by atoms with E-state index in [1.165, 1.54) is 24.6 Å². The van der Waals surface area contributed by atoms with E-state index in [1.54, 1.807) is 36.4 Å². The predicted octanol–water partition coefficient (Wildman–Crippen LogP) is 4.66. The Kier molecular flexibility index (Phi) is 5.32. The molecule has 1 aromatic heterocycles. The number of carbonyl (C=O) groups excluding carboxylic acids is 1. The topological polar surface area (TPSA) is 118 Å². The van der Waals surface area contributed by atoms with Gasteiger partial charge in [0.05, 0.1) is 21.3 Å². The minimum Gasteiger partial charge on any atom is -0.506 e. The minimum absolute atomic E-state index is 0.147. The van der Waals surface area contributed by atoms with Crippen LogP contribution in [0.5, 0.6) is 5.75 Å². The number of aromatic hydroxyl groups is 1. The number of benzene rings is 2. The van der Waals surface area contributed by atoms with E-state index in [1.807, 2.05) is 0 Å². The van der Waals surface area contributed by atoms with E-state index in [0.29, 0.717) is 11.4 Å².